The quantitative estimate of drug-likeness (QED) is 0.840. The average molecular weight is 381 g/mol. The maximum Gasteiger partial charge on any atom is 0.248 e. The standard InChI is InChI=1S/C18H18Cl2N2O3/c19-13-7-11(10-2-5-25-6-3-10)16-12-8-22(15(24)9-23)4-1-14(12)21-18(16)17(13)20/h2,7,21,23H,1,3-6,8-9H2. The van der Waals surface area contributed by atoms with Crippen LogP contribution in [0.25, 0.3) is 16.5 Å². The fourth-order valence-electron chi connectivity index (χ4n) is 3.68. The molecule has 0 atom stereocenters. The highest BCUT2D eigenvalue weighted by Gasteiger charge is 2.27. The molecule has 5 nitrogen and oxygen atoms in total. The largest absolute Gasteiger partial charge is 0.387 e. The molecule has 0 saturated heterocycles. The molecule has 1 amide bonds. The van der Waals surface area contributed by atoms with E-state index in [1.165, 1.54) is 5.57 Å². The number of carbonyl (C=O) groups excluding carboxylic acids is 1. The molecule has 7 heteroatoms. The third-order valence-corrected chi connectivity index (χ3v) is 5.73. The number of H-pyrrole nitrogens is 1. The van der Waals surface area contributed by atoms with E-state index in [9.17, 15) is 9.90 Å². The van der Waals surface area contributed by atoms with E-state index in [0.29, 0.717) is 42.8 Å². The number of aliphatic hydroxyl groups is 1. The van der Waals surface area contributed by atoms with Crippen LogP contribution in [0.15, 0.2) is 12.1 Å². The van der Waals surface area contributed by atoms with Gasteiger partial charge < -0.3 is 19.7 Å². The number of ether oxygens (including phenoxy) is 1. The van der Waals surface area contributed by atoms with Gasteiger partial charge >= 0.3 is 0 Å². The summed E-state index contributed by atoms with van der Waals surface area (Å²) in [6.07, 6.45) is 3.58. The molecule has 2 aliphatic rings. The van der Waals surface area contributed by atoms with Crippen LogP contribution in [0.1, 0.15) is 23.2 Å². The van der Waals surface area contributed by atoms with Gasteiger partial charge in [-0.25, -0.2) is 0 Å². The zero-order chi connectivity index (χ0) is 17.6. The number of benzene rings is 1. The highest BCUT2D eigenvalue weighted by atomic mass is 35.5. The SMILES string of the molecule is O=C(CO)N1CCc2[nH]c3c(Cl)c(Cl)cc(C4=CCOCC4)c3c2C1. The number of carbonyl (C=O) groups is 1. The van der Waals surface area contributed by atoms with Gasteiger partial charge in [0.05, 0.1) is 28.8 Å². The van der Waals surface area contributed by atoms with E-state index in [1.54, 1.807) is 4.90 Å². The van der Waals surface area contributed by atoms with E-state index in [4.69, 9.17) is 27.9 Å². The van der Waals surface area contributed by atoms with Crippen molar-refractivity contribution in [3.05, 3.63) is 39.0 Å². The summed E-state index contributed by atoms with van der Waals surface area (Å²) in [5.41, 5.74) is 5.18. The molecule has 3 heterocycles. The normalized spacial score (nSPS) is 17.6. The molecule has 2 N–H and O–H groups in total. The predicted molar refractivity (Wildman–Crippen MR) is 97.9 cm³/mol. The van der Waals surface area contributed by atoms with Gasteiger partial charge in [0.2, 0.25) is 5.91 Å². The van der Waals surface area contributed by atoms with Gasteiger partial charge in [0.15, 0.2) is 0 Å². The lowest BCUT2D eigenvalue weighted by Crippen LogP contribution is -2.37. The second-order valence-electron chi connectivity index (χ2n) is 6.33. The minimum atomic E-state index is -0.473. The summed E-state index contributed by atoms with van der Waals surface area (Å²) in [5.74, 6) is -0.258. The highest BCUT2D eigenvalue weighted by molar-refractivity contribution is 6.45. The Labute approximate surface area is 155 Å². The smallest absolute Gasteiger partial charge is 0.248 e. The lowest BCUT2D eigenvalue weighted by molar-refractivity contribution is -0.135. The van der Waals surface area contributed by atoms with Gasteiger partial charge in [-0.1, -0.05) is 29.3 Å². The summed E-state index contributed by atoms with van der Waals surface area (Å²) in [6.45, 7) is 1.83. The number of hydrogen-bond acceptors (Lipinski definition) is 3. The average Bonchev–Trinajstić information content (AvgIpc) is 3.03. The topological polar surface area (TPSA) is 65.6 Å². The number of fused-ring (bicyclic) bond motifs is 3. The number of nitrogens with one attached hydrogen (secondary N) is 1. The van der Waals surface area contributed by atoms with Crippen LogP contribution in [0.5, 0.6) is 0 Å². The lowest BCUT2D eigenvalue weighted by atomic mass is 9.94. The monoisotopic (exact) mass is 380 g/mol. The Morgan fingerprint density at radius 3 is 2.92 bits per heavy atom. The third-order valence-electron chi connectivity index (χ3n) is 4.94. The van der Waals surface area contributed by atoms with E-state index in [0.717, 1.165) is 34.1 Å². The molecule has 1 aromatic carbocycles. The molecular weight excluding hydrogens is 363 g/mol. The Morgan fingerprint density at radius 2 is 2.20 bits per heavy atom. The van der Waals surface area contributed by atoms with Crippen LogP contribution >= 0.6 is 23.2 Å². The van der Waals surface area contributed by atoms with Crippen molar-refractivity contribution in [1.29, 1.82) is 0 Å². The lowest BCUT2D eigenvalue weighted by Gasteiger charge is -2.27. The summed E-state index contributed by atoms with van der Waals surface area (Å²) in [4.78, 5) is 17.0. The molecule has 0 bridgehead atoms. The molecule has 132 valence electrons. The summed E-state index contributed by atoms with van der Waals surface area (Å²) in [7, 11) is 0. The first-order chi connectivity index (χ1) is 12.1. The van der Waals surface area contributed by atoms with Crippen molar-refractivity contribution in [2.75, 3.05) is 26.4 Å². The molecule has 0 aliphatic carbocycles. The Morgan fingerprint density at radius 1 is 1.36 bits per heavy atom. The van der Waals surface area contributed by atoms with Crippen molar-refractivity contribution in [2.45, 2.75) is 19.4 Å². The number of rotatable bonds is 2. The molecule has 1 aromatic heterocycles. The maximum atomic E-state index is 11.9. The highest BCUT2D eigenvalue weighted by Crippen LogP contribution is 2.41. The predicted octanol–water partition coefficient (Wildman–Crippen LogP) is 3.16. The molecule has 0 unspecified atom stereocenters. The Bertz CT molecular complexity index is 888. The Balaban J connectivity index is 1.91. The van der Waals surface area contributed by atoms with Crippen molar-refractivity contribution in [2.24, 2.45) is 0 Å². The van der Waals surface area contributed by atoms with E-state index in [2.05, 4.69) is 11.1 Å². The van der Waals surface area contributed by atoms with Crippen molar-refractivity contribution < 1.29 is 14.6 Å². The molecule has 0 fully saturated rings. The van der Waals surface area contributed by atoms with Gasteiger partial charge in [0.1, 0.15) is 6.61 Å². The first kappa shape index (κ1) is 16.9. The molecule has 0 saturated carbocycles. The van der Waals surface area contributed by atoms with Crippen LogP contribution in [0.3, 0.4) is 0 Å². The summed E-state index contributed by atoms with van der Waals surface area (Å²) in [6, 6.07) is 1.91. The van der Waals surface area contributed by atoms with Crippen LogP contribution in [0.2, 0.25) is 10.0 Å². The minimum absolute atomic E-state index is 0.258. The number of amides is 1. The third kappa shape index (κ3) is 2.85. The van der Waals surface area contributed by atoms with Crippen LogP contribution in [0.4, 0.5) is 0 Å². The maximum absolute atomic E-state index is 11.9. The molecule has 25 heavy (non-hydrogen) atoms. The zero-order valence-electron chi connectivity index (χ0n) is 13.6. The van der Waals surface area contributed by atoms with Gasteiger partial charge in [-0.15, -0.1) is 0 Å². The summed E-state index contributed by atoms with van der Waals surface area (Å²) < 4.78 is 5.42. The number of hydrogen-bond donors (Lipinski definition) is 2. The van der Waals surface area contributed by atoms with Crippen LogP contribution in [-0.2, 0) is 22.5 Å². The Kier molecular flexibility index (Phi) is 4.50. The number of nitrogens with zero attached hydrogens (tertiary/aromatic N) is 1. The minimum Gasteiger partial charge on any atom is -0.387 e. The molecule has 2 aromatic rings. The molecule has 0 radical (unpaired) electrons. The zero-order valence-corrected chi connectivity index (χ0v) is 15.1. The van der Waals surface area contributed by atoms with Gasteiger partial charge in [0.25, 0.3) is 0 Å². The van der Waals surface area contributed by atoms with Crippen molar-refractivity contribution >= 4 is 45.6 Å². The van der Waals surface area contributed by atoms with E-state index in [1.807, 2.05) is 6.07 Å². The molecule has 0 spiro atoms. The fourth-order valence-corrected chi connectivity index (χ4v) is 4.08. The second-order valence-corrected chi connectivity index (χ2v) is 7.11. The van der Waals surface area contributed by atoms with Gasteiger partial charge in [-0.3, -0.25) is 4.79 Å². The number of aliphatic hydroxyl groups excluding tert-OH is 1. The number of aromatic nitrogens is 1. The van der Waals surface area contributed by atoms with Crippen LogP contribution in [-0.4, -0.2) is 47.3 Å². The van der Waals surface area contributed by atoms with Crippen molar-refractivity contribution in [1.82, 2.24) is 9.88 Å². The van der Waals surface area contributed by atoms with Gasteiger partial charge in [-0.2, -0.15) is 0 Å². The van der Waals surface area contributed by atoms with E-state index >= 15 is 0 Å². The van der Waals surface area contributed by atoms with E-state index < -0.39 is 6.61 Å². The first-order valence-corrected chi connectivity index (χ1v) is 9.03. The summed E-state index contributed by atoms with van der Waals surface area (Å²) in [5, 5.41) is 11.2. The molecule has 2 aliphatic heterocycles. The van der Waals surface area contributed by atoms with Gasteiger partial charge in [0, 0.05) is 36.2 Å². The van der Waals surface area contributed by atoms with Gasteiger partial charge in [-0.05, 0) is 23.6 Å². The van der Waals surface area contributed by atoms with Crippen molar-refractivity contribution in [3.8, 4) is 0 Å². The van der Waals surface area contributed by atoms with Crippen LogP contribution in [0, 0.1) is 0 Å². The van der Waals surface area contributed by atoms with Crippen molar-refractivity contribution in [3.63, 3.8) is 0 Å². The Hall–Kier alpha value is -1.53. The number of halogens is 2. The van der Waals surface area contributed by atoms with E-state index in [-0.39, 0.29) is 5.91 Å². The molecular formula is C18H18Cl2N2O3. The summed E-state index contributed by atoms with van der Waals surface area (Å²) >= 11 is 12.8. The first-order valence-electron chi connectivity index (χ1n) is 8.27. The number of aromatic amines is 1. The fraction of sp³-hybridized carbons (Fsp3) is 0.389. The van der Waals surface area contributed by atoms with Crippen LogP contribution < -0.4 is 0 Å². The molecule has 4 rings (SSSR count). The second kappa shape index (κ2) is 6.65.